The molecule has 1 saturated heterocycles. The van der Waals surface area contributed by atoms with Crippen molar-refractivity contribution in [1.82, 2.24) is 10.6 Å². The molecule has 2 rings (SSSR count). The number of hydrogen-bond acceptors (Lipinski definition) is 4. The zero-order valence-corrected chi connectivity index (χ0v) is 10.7. The summed E-state index contributed by atoms with van der Waals surface area (Å²) in [6.45, 7) is 1.40. The van der Waals surface area contributed by atoms with Crippen molar-refractivity contribution in [3.63, 3.8) is 0 Å². The van der Waals surface area contributed by atoms with Gasteiger partial charge in [-0.15, -0.1) is 0 Å². The zero-order valence-electron chi connectivity index (χ0n) is 9.94. The smallest absolute Gasteiger partial charge is 0.251 e. The Hall–Kier alpha value is -1.30. The van der Waals surface area contributed by atoms with Crippen molar-refractivity contribution in [3.05, 3.63) is 28.8 Å². The van der Waals surface area contributed by atoms with Gasteiger partial charge in [0, 0.05) is 25.8 Å². The molecule has 2 atom stereocenters. The first-order valence-electron chi connectivity index (χ1n) is 5.64. The minimum atomic E-state index is -0.229. The molecule has 98 valence electrons. The van der Waals surface area contributed by atoms with Crippen molar-refractivity contribution >= 4 is 17.5 Å². The summed E-state index contributed by atoms with van der Waals surface area (Å²) < 4.78 is 5.26. The van der Waals surface area contributed by atoms with Crippen molar-refractivity contribution in [1.29, 1.82) is 0 Å². The lowest BCUT2D eigenvalue weighted by Gasteiger charge is -2.18. The lowest BCUT2D eigenvalue weighted by Crippen LogP contribution is -2.43. The summed E-state index contributed by atoms with van der Waals surface area (Å²) in [6, 6.07) is 4.31. The molecule has 0 saturated carbocycles. The van der Waals surface area contributed by atoms with Crippen LogP contribution in [-0.2, 0) is 4.74 Å². The lowest BCUT2D eigenvalue weighted by atomic mass is 10.1. The van der Waals surface area contributed by atoms with Crippen LogP contribution >= 0.6 is 11.6 Å². The summed E-state index contributed by atoms with van der Waals surface area (Å²) in [5.41, 5.74) is 0.416. The number of aromatic hydroxyl groups is 1. The molecule has 1 aromatic rings. The molecule has 1 amide bonds. The van der Waals surface area contributed by atoms with E-state index >= 15 is 0 Å². The molecular weight excluding hydrogens is 256 g/mol. The molecule has 5 nitrogen and oxygen atoms in total. The number of phenolic OH excluding ortho intramolecular Hbond substituents is 1. The molecule has 0 radical (unpaired) electrons. The molecule has 0 bridgehead atoms. The van der Waals surface area contributed by atoms with E-state index in [1.807, 2.05) is 0 Å². The van der Waals surface area contributed by atoms with Crippen LogP contribution < -0.4 is 10.6 Å². The third kappa shape index (κ3) is 2.75. The van der Waals surface area contributed by atoms with Crippen LogP contribution in [0, 0.1) is 0 Å². The highest BCUT2D eigenvalue weighted by molar-refractivity contribution is 6.32. The molecule has 3 N–H and O–H groups in total. The number of halogens is 1. The van der Waals surface area contributed by atoms with Crippen LogP contribution in [-0.4, -0.2) is 43.4 Å². The van der Waals surface area contributed by atoms with Crippen molar-refractivity contribution < 1.29 is 14.6 Å². The monoisotopic (exact) mass is 270 g/mol. The summed E-state index contributed by atoms with van der Waals surface area (Å²) in [5.74, 6) is -0.266. The Morgan fingerprint density at radius 2 is 2.33 bits per heavy atom. The predicted molar refractivity (Wildman–Crippen MR) is 68.0 cm³/mol. The van der Waals surface area contributed by atoms with Crippen LogP contribution in [0.1, 0.15) is 10.4 Å². The minimum absolute atomic E-state index is 0.0264. The van der Waals surface area contributed by atoms with E-state index < -0.39 is 0 Å². The fourth-order valence-corrected chi connectivity index (χ4v) is 2.13. The maximum absolute atomic E-state index is 12.0. The predicted octanol–water partition coefficient (Wildman–Crippen LogP) is 0.762. The molecule has 0 aliphatic carbocycles. The molecule has 1 aliphatic heterocycles. The van der Waals surface area contributed by atoms with Crippen molar-refractivity contribution in [2.75, 3.05) is 20.2 Å². The van der Waals surface area contributed by atoms with Crippen LogP contribution in [0.4, 0.5) is 0 Å². The van der Waals surface area contributed by atoms with Gasteiger partial charge in [-0.1, -0.05) is 11.6 Å². The first-order chi connectivity index (χ1) is 8.61. The van der Waals surface area contributed by atoms with Gasteiger partial charge in [0.25, 0.3) is 5.91 Å². The maximum atomic E-state index is 12.0. The number of nitrogens with one attached hydrogen (secondary N) is 2. The van der Waals surface area contributed by atoms with Crippen LogP contribution in [0.15, 0.2) is 18.2 Å². The summed E-state index contributed by atoms with van der Waals surface area (Å²) in [5, 5.41) is 15.5. The van der Waals surface area contributed by atoms with Crippen LogP contribution in [0.2, 0.25) is 5.02 Å². The molecule has 1 aromatic carbocycles. The van der Waals surface area contributed by atoms with E-state index in [-0.39, 0.29) is 28.8 Å². The SMILES string of the molecule is CO[C@H]1CNCC1NC(=O)c1ccc(O)c(Cl)c1. The molecule has 1 heterocycles. The van der Waals surface area contributed by atoms with Crippen molar-refractivity contribution in [3.8, 4) is 5.75 Å². The quantitative estimate of drug-likeness (QED) is 0.759. The first-order valence-corrected chi connectivity index (χ1v) is 6.02. The average molecular weight is 271 g/mol. The van der Waals surface area contributed by atoms with E-state index in [2.05, 4.69) is 10.6 Å². The van der Waals surface area contributed by atoms with Gasteiger partial charge in [-0.25, -0.2) is 0 Å². The molecular formula is C12H15ClN2O3. The molecule has 1 unspecified atom stereocenters. The number of benzene rings is 1. The Balaban J connectivity index is 2.05. The van der Waals surface area contributed by atoms with Gasteiger partial charge in [-0.2, -0.15) is 0 Å². The first kappa shape index (κ1) is 13.1. The van der Waals surface area contributed by atoms with E-state index in [4.69, 9.17) is 16.3 Å². The van der Waals surface area contributed by atoms with Crippen LogP contribution in [0.5, 0.6) is 5.75 Å². The standard InChI is InChI=1S/C12H15ClN2O3/c1-18-11-6-14-5-9(11)15-12(17)7-2-3-10(16)8(13)4-7/h2-4,9,11,14,16H,5-6H2,1H3,(H,15,17)/t9?,11-/m0/s1. The number of methoxy groups -OCH3 is 1. The van der Waals surface area contributed by atoms with Gasteiger partial charge < -0.3 is 20.5 Å². The highest BCUT2D eigenvalue weighted by Crippen LogP contribution is 2.23. The minimum Gasteiger partial charge on any atom is -0.506 e. The summed E-state index contributed by atoms with van der Waals surface area (Å²) >= 11 is 5.76. The molecule has 0 spiro atoms. The van der Waals surface area contributed by atoms with E-state index in [0.717, 1.165) is 6.54 Å². The third-order valence-electron chi connectivity index (χ3n) is 2.99. The van der Waals surface area contributed by atoms with Gasteiger partial charge in [0.15, 0.2) is 0 Å². The second-order valence-corrected chi connectivity index (χ2v) is 4.59. The van der Waals surface area contributed by atoms with Crippen molar-refractivity contribution in [2.24, 2.45) is 0 Å². The number of carbonyl (C=O) groups is 1. The number of carbonyl (C=O) groups excluding carboxylic acids is 1. The molecule has 1 aliphatic rings. The second kappa shape index (κ2) is 5.56. The fraction of sp³-hybridized carbons (Fsp3) is 0.417. The van der Waals surface area contributed by atoms with Gasteiger partial charge in [0.05, 0.1) is 17.2 Å². The Morgan fingerprint density at radius 3 is 3.00 bits per heavy atom. The lowest BCUT2D eigenvalue weighted by molar-refractivity contribution is 0.0780. The van der Waals surface area contributed by atoms with E-state index in [1.165, 1.54) is 18.2 Å². The second-order valence-electron chi connectivity index (χ2n) is 4.18. The summed E-state index contributed by atoms with van der Waals surface area (Å²) in [6.07, 6.45) is -0.0264. The van der Waals surface area contributed by atoms with Crippen molar-refractivity contribution in [2.45, 2.75) is 12.1 Å². The molecule has 18 heavy (non-hydrogen) atoms. The average Bonchev–Trinajstić information content (AvgIpc) is 2.79. The topological polar surface area (TPSA) is 70.6 Å². The van der Waals surface area contributed by atoms with Gasteiger partial charge in [0.2, 0.25) is 0 Å². The fourth-order valence-electron chi connectivity index (χ4n) is 1.95. The van der Waals surface area contributed by atoms with Gasteiger partial charge in [-0.3, -0.25) is 4.79 Å². The van der Waals surface area contributed by atoms with Crippen LogP contribution in [0.25, 0.3) is 0 Å². The van der Waals surface area contributed by atoms with E-state index in [9.17, 15) is 9.90 Å². The Kier molecular flexibility index (Phi) is 4.06. The van der Waals surface area contributed by atoms with Gasteiger partial charge in [0.1, 0.15) is 5.75 Å². The third-order valence-corrected chi connectivity index (χ3v) is 3.29. The highest BCUT2D eigenvalue weighted by atomic mass is 35.5. The van der Waals surface area contributed by atoms with Gasteiger partial charge >= 0.3 is 0 Å². The largest absolute Gasteiger partial charge is 0.506 e. The molecule has 6 heteroatoms. The Labute approximate surface area is 110 Å². The van der Waals surface area contributed by atoms with Crippen LogP contribution in [0.3, 0.4) is 0 Å². The summed E-state index contributed by atoms with van der Waals surface area (Å²) in [7, 11) is 1.62. The Bertz CT molecular complexity index is 453. The maximum Gasteiger partial charge on any atom is 0.251 e. The van der Waals surface area contributed by atoms with E-state index in [1.54, 1.807) is 7.11 Å². The number of hydrogen-bond donors (Lipinski definition) is 3. The molecule has 1 fully saturated rings. The number of amides is 1. The highest BCUT2D eigenvalue weighted by Gasteiger charge is 2.28. The number of ether oxygens (including phenoxy) is 1. The number of rotatable bonds is 3. The normalized spacial score (nSPS) is 23.0. The molecule has 0 aromatic heterocycles. The Morgan fingerprint density at radius 1 is 1.56 bits per heavy atom. The van der Waals surface area contributed by atoms with E-state index in [0.29, 0.717) is 12.1 Å². The summed E-state index contributed by atoms with van der Waals surface area (Å²) in [4.78, 5) is 12.0. The van der Waals surface area contributed by atoms with Gasteiger partial charge in [-0.05, 0) is 18.2 Å². The number of phenols is 1. The zero-order chi connectivity index (χ0) is 13.1.